The highest BCUT2D eigenvalue weighted by Crippen LogP contribution is 2.39. The SMILES string of the molecule is COc1cc2c(cc1-c1c(C)noc1C)ncc1c2n([C@H](C)c2ccccn2)c(=O)n1CCOCCOCCOCCOCCOCCC(=O)O. The molecule has 51 heavy (non-hydrogen) atoms. The number of fused-ring (bicyclic) bond motifs is 3. The Labute approximate surface area is 295 Å². The Bertz CT molecular complexity index is 1920. The number of pyridine rings is 2. The summed E-state index contributed by atoms with van der Waals surface area (Å²) in [6, 6.07) is 9.17. The molecule has 0 aliphatic heterocycles. The van der Waals surface area contributed by atoms with Gasteiger partial charge in [-0.2, -0.15) is 0 Å². The number of methoxy groups -OCH3 is 1. The van der Waals surface area contributed by atoms with Gasteiger partial charge in [0, 0.05) is 17.1 Å². The maximum absolute atomic E-state index is 14.1. The van der Waals surface area contributed by atoms with E-state index in [9.17, 15) is 9.59 Å². The third-order valence-corrected chi connectivity index (χ3v) is 8.32. The number of hydrogen-bond acceptors (Lipinski definition) is 12. The van der Waals surface area contributed by atoms with E-state index in [0.29, 0.717) is 88.5 Å². The minimum atomic E-state index is -0.888. The number of ether oxygens (including phenoxy) is 6. The molecule has 15 nitrogen and oxygen atoms in total. The Balaban J connectivity index is 1.20. The fourth-order valence-corrected chi connectivity index (χ4v) is 5.83. The highest BCUT2D eigenvalue weighted by molar-refractivity contribution is 6.05. The Morgan fingerprint density at radius 3 is 2.12 bits per heavy atom. The van der Waals surface area contributed by atoms with Crippen LogP contribution in [0.2, 0.25) is 0 Å². The number of imidazole rings is 1. The molecule has 0 spiro atoms. The second kappa shape index (κ2) is 18.5. The normalized spacial score (nSPS) is 12.2. The molecule has 274 valence electrons. The molecule has 5 aromatic rings. The molecule has 1 N–H and O–H groups in total. The van der Waals surface area contributed by atoms with Gasteiger partial charge in [-0.1, -0.05) is 11.2 Å². The van der Waals surface area contributed by atoms with Crippen LogP contribution in [0.1, 0.15) is 36.5 Å². The molecule has 0 unspecified atom stereocenters. The van der Waals surface area contributed by atoms with Crippen molar-refractivity contribution < 1.29 is 42.8 Å². The smallest absolute Gasteiger partial charge is 0.329 e. The standard InChI is InChI=1S/C36H45N5O10/c1-24-34(26(3)51-39-24)28-21-30-27(22-32(28)45-4)35-31(23-38-30)40(36(44)41(35)25(2)29-7-5-6-9-37-29)10-12-47-14-16-49-18-20-50-19-17-48-15-13-46-11-8-33(42)43/h5-7,9,21-23,25H,8,10-20H2,1-4H3,(H,42,43)/t25-/m1/s1. The Hall–Kier alpha value is -4.67. The van der Waals surface area contributed by atoms with Crippen molar-refractivity contribution >= 4 is 27.9 Å². The van der Waals surface area contributed by atoms with Crippen molar-refractivity contribution in [3.8, 4) is 16.9 Å². The van der Waals surface area contributed by atoms with Crippen LogP contribution in [-0.4, -0.2) is 109 Å². The van der Waals surface area contributed by atoms with Crippen molar-refractivity contribution in [2.45, 2.75) is 39.8 Å². The number of aliphatic carboxylic acids is 1. The molecular weight excluding hydrogens is 662 g/mol. The summed E-state index contributed by atoms with van der Waals surface area (Å²) in [4.78, 5) is 33.9. The molecule has 0 radical (unpaired) electrons. The van der Waals surface area contributed by atoms with Gasteiger partial charge in [0.25, 0.3) is 0 Å². The molecule has 4 heterocycles. The van der Waals surface area contributed by atoms with E-state index in [1.807, 2.05) is 51.1 Å². The van der Waals surface area contributed by atoms with Gasteiger partial charge in [-0.3, -0.25) is 23.9 Å². The van der Waals surface area contributed by atoms with Gasteiger partial charge in [0.1, 0.15) is 11.5 Å². The zero-order valence-corrected chi connectivity index (χ0v) is 29.5. The van der Waals surface area contributed by atoms with E-state index >= 15 is 0 Å². The monoisotopic (exact) mass is 707 g/mol. The first-order valence-corrected chi connectivity index (χ1v) is 16.9. The first kappa shape index (κ1) is 37.6. The van der Waals surface area contributed by atoms with Crippen LogP contribution in [0.4, 0.5) is 0 Å². The van der Waals surface area contributed by atoms with Crippen LogP contribution >= 0.6 is 0 Å². The summed E-state index contributed by atoms with van der Waals surface area (Å²) >= 11 is 0. The van der Waals surface area contributed by atoms with Gasteiger partial charge >= 0.3 is 11.7 Å². The molecule has 15 heteroatoms. The van der Waals surface area contributed by atoms with Crippen LogP contribution in [0.25, 0.3) is 33.1 Å². The largest absolute Gasteiger partial charge is 0.496 e. The van der Waals surface area contributed by atoms with Crippen molar-refractivity contribution in [2.24, 2.45) is 0 Å². The fraction of sp³-hybridized carbons (Fsp3) is 0.472. The number of nitrogens with zero attached hydrogens (tertiary/aromatic N) is 5. The highest BCUT2D eigenvalue weighted by atomic mass is 16.6. The number of rotatable bonds is 22. The van der Waals surface area contributed by atoms with E-state index in [2.05, 4.69) is 10.1 Å². The summed E-state index contributed by atoms with van der Waals surface area (Å²) in [6.45, 7) is 9.55. The summed E-state index contributed by atoms with van der Waals surface area (Å²) in [5, 5.41) is 13.5. The summed E-state index contributed by atoms with van der Waals surface area (Å²) < 4.78 is 42.2. The van der Waals surface area contributed by atoms with Crippen LogP contribution in [-0.2, 0) is 35.0 Å². The zero-order valence-electron chi connectivity index (χ0n) is 29.5. The zero-order chi connectivity index (χ0) is 36.2. The van der Waals surface area contributed by atoms with Gasteiger partial charge in [0.15, 0.2) is 0 Å². The van der Waals surface area contributed by atoms with Crippen molar-refractivity contribution in [1.82, 2.24) is 24.3 Å². The van der Waals surface area contributed by atoms with Crippen molar-refractivity contribution in [3.05, 3.63) is 70.4 Å². The summed E-state index contributed by atoms with van der Waals surface area (Å²) in [6.07, 6.45) is 3.43. The van der Waals surface area contributed by atoms with E-state index in [-0.39, 0.29) is 24.8 Å². The minimum absolute atomic E-state index is 0.0224. The predicted octanol–water partition coefficient (Wildman–Crippen LogP) is 4.19. The second-order valence-electron chi connectivity index (χ2n) is 11.7. The van der Waals surface area contributed by atoms with Crippen molar-refractivity contribution in [3.63, 3.8) is 0 Å². The highest BCUT2D eigenvalue weighted by Gasteiger charge is 2.24. The lowest BCUT2D eigenvalue weighted by molar-refractivity contribution is -0.138. The second-order valence-corrected chi connectivity index (χ2v) is 11.7. The van der Waals surface area contributed by atoms with E-state index in [1.165, 1.54) is 0 Å². The van der Waals surface area contributed by atoms with Gasteiger partial charge in [0.05, 0.1) is 132 Å². The van der Waals surface area contributed by atoms with E-state index in [1.54, 1.807) is 28.6 Å². The predicted molar refractivity (Wildman–Crippen MR) is 187 cm³/mol. The molecule has 4 aromatic heterocycles. The van der Waals surface area contributed by atoms with Gasteiger partial charge in [-0.05, 0) is 45.0 Å². The number of carboxylic acids is 1. The number of aromatic nitrogens is 5. The van der Waals surface area contributed by atoms with Crippen molar-refractivity contribution in [2.75, 3.05) is 73.2 Å². The maximum atomic E-state index is 14.1. The lowest BCUT2D eigenvalue weighted by Gasteiger charge is -2.15. The fourth-order valence-electron chi connectivity index (χ4n) is 5.83. The Morgan fingerprint density at radius 2 is 1.55 bits per heavy atom. The molecule has 5 rings (SSSR count). The molecule has 0 saturated carbocycles. The number of carbonyl (C=O) groups is 1. The molecule has 0 saturated heterocycles. The summed E-state index contributed by atoms with van der Waals surface area (Å²) in [5.74, 6) is 0.400. The molecule has 1 aromatic carbocycles. The third-order valence-electron chi connectivity index (χ3n) is 8.32. The van der Waals surface area contributed by atoms with Gasteiger partial charge in [0.2, 0.25) is 0 Å². The summed E-state index contributed by atoms with van der Waals surface area (Å²) in [7, 11) is 1.61. The van der Waals surface area contributed by atoms with Gasteiger partial charge in [-0.15, -0.1) is 0 Å². The average Bonchev–Trinajstić information content (AvgIpc) is 3.62. The quantitative estimate of drug-likeness (QED) is 0.102. The molecule has 0 bridgehead atoms. The molecule has 0 fully saturated rings. The van der Waals surface area contributed by atoms with Crippen LogP contribution in [0.3, 0.4) is 0 Å². The molecule has 0 aliphatic carbocycles. The number of carboxylic acid groups (broad SMARTS) is 1. The lowest BCUT2D eigenvalue weighted by atomic mass is 10.00. The van der Waals surface area contributed by atoms with Gasteiger partial charge < -0.3 is 38.1 Å². The van der Waals surface area contributed by atoms with E-state index < -0.39 is 5.97 Å². The molecule has 1 atom stereocenters. The summed E-state index contributed by atoms with van der Waals surface area (Å²) in [5.41, 5.74) is 5.06. The number of hydrogen-bond donors (Lipinski definition) is 1. The van der Waals surface area contributed by atoms with Gasteiger partial charge in [-0.25, -0.2) is 4.79 Å². The van der Waals surface area contributed by atoms with Crippen LogP contribution < -0.4 is 10.4 Å². The van der Waals surface area contributed by atoms with Crippen LogP contribution in [0.5, 0.6) is 5.75 Å². The van der Waals surface area contributed by atoms with Crippen LogP contribution in [0, 0.1) is 13.8 Å². The van der Waals surface area contributed by atoms with E-state index in [4.69, 9.17) is 43.0 Å². The Morgan fingerprint density at radius 1 is 0.902 bits per heavy atom. The maximum Gasteiger partial charge on any atom is 0.329 e. The number of benzene rings is 1. The average molecular weight is 708 g/mol. The first-order valence-electron chi connectivity index (χ1n) is 16.9. The lowest BCUT2D eigenvalue weighted by Crippen LogP contribution is -2.28. The third kappa shape index (κ3) is 9.36. The van der Waals surface area contributed by atoms with Crippen LogP contribution in [0.15, 0.2) is 52.0 Å². The molecule has 0 amide bonds. The minimum Gasteiger partial charge on any atom is -0.496 e. The Kier molecular flexibility index (Phi) is 13.7. The van der Waals surface area contributed by atoms with Crippen molar-refractivity contribution in [1.29, 1.82) is 0 Å². The number of aryl methyl sites for hydroxylation is 2. The molecule has 0 aliphatic rings. The molecular formula is C36H45N5O10. The van der Waals surface area contributed by atoms with E-state index in [0.717, 1.165) is 33.4 Å². The first-order chi connectivity index (χ1) is 24.8. The topological polar surface area (TPSA) is 171 Å².